The van der Waals surface area contributed by atoms with Crippen LogP contribution in [0.5, 0.6) is 0 Å². The molecule has 8 heteroatoms. The van der Waals surface area contributed by atoms with Gasteiger partial charge in [0.1, 0.15) is 0 Å². The van der Waals surface area contributed by atoms with Crippen molar-refractivity contribution in [1.29, 1.82) is 0 Å². The molecular weight excluding hydrogens is 460 g/mol. The zero-order valence-corrected chi connectivity index (χ0v) is 23.3. The maximum atomic E-state index is 12.4. The minimum absolute atomic E-state index is 0.0602. The molecule has 1 atom stereocenters. The highest BCUT2D eigenvalue weighted by Crippen LogP contribution is 2.15. The molecule has 206 valence electrons. The first-order valence-corrected chi connectivity index (χ1v) is 13.2. The Kier molecular flexibility index (Phi) is 17.2. The van der Waals surface area contributed by atoms with Crippen molar-refractivity contribution in [2.45, 2.75) is 80.1 Å². The van der Waals surface area contributed by atoms with E-state index in [4.69, 9.17) is 9.47 Å². The molecule has 0 aromatic heterocycles. The van der Waals surface area contributed by atoms with Gasteiger partial charge in [-0.15, -0.1) is 0 Å². The Bertz CT molecular complexity index is 726. The lowest BCUT2D eigenvalue weighted by atomic mass is 9.97. The lowest BCUT2D eigenvalue weighted by Gasteiger charge is -2.20. The molecule has 0 aliphatic heterocycles. The van der Waals surface area contributed by atoms with Gasteiger partial charge in [0.05, 0.1) is 18.6 Å². The van der Waals surface area contributed by atoms with E-state index in [2.05, 4.69) is 6.58 Å². The second-order valence-electron chi connectivity index (χ2n) is 10.0. The first-order chi connectivity index (χ1) is 17.0. The SMILES string of the molecule is C=CC(=O)N(CC)CCCCOC(=O)C[C@H](C)C/C=C\C(=O)N(CC)CCCCOC(=O)C(C)(C)C. The Morgan fingerprint density at radius 3 is 1.89 bits per heavy atom. The fourth-order valence-electron chi connectivity index (χ4n) is 3.29. The minimum atomic E-state index is -0.505. The number of unbranched alkanes of at least 4 members (excludes halogenated alkanes) is 2. The first-order valence-electron chi connectivity index (χ1n) is 13.2. The summed E-state index contributed by atoms with van der Waals surface area (Å²) < 4.78 is 10.6. The van der Waals surface area contributed by atoms with E-state index in [1.54, 1.807) is 15.9 Å². The van der Waals surface area contributed by atoms with Gasteiger partial charge in [-0.2, -0.15) is 0 Å². The third-order valence-electron chi connectivity index (χ3n) is 5.63. The number of amides is 2. The van der Waals surface area contributed by atoms with Gasteiger partial charge in [-0.25, -0.2) is 0 Å². The second-order valence-corrected chi connectivity index (χ2v) is 10.0. The predicted octanol–water partition coefficient (Wildman–Crippen LogP) is 4.53. The first kappa shape index (κ1) is 33.4. The van der Waals surface area contributed by atoms with Crippen LogP contribution in [0.4, 0.5) is 0 Å². The molecule has 2 amide bonds. The number of hydrogen-bond acceptors (Lipinski definition) is 6. The van der Waals surface area contributed by atoms with E-state index >= 15 is 0 Å². The van der Waals surface area contributed by atoms with E-state index in [1.165, 1.54) is 6.08 Å². The summed E-state index contributed by atoms with van der Waals surface area (Å²) in [4.78, 5) is 51.3. The van der Waals surface area contributed by atoms with Gasteiger partial charge in [-0.05, 0) is 84.8 Å². The van der Waals surface area contributed by atoms with Crippen molar-refractivity contribution in [3.8, 4) is 0 Å². The van der Waals surface area contributed by atoms with Crippen LogP contribution >= 0.6 is 0 Å². The van der Waals surface area contributed by atoms with Gasteiger partial charge >= 0.3 is 11.9 Å². The second kappa shape index (κ2) is 18.6. The maximum absolute atomic E-state index is 12.4. The largest absolute Gasteiger partial charge is 0.466 e. The van der Waals surface area contributed by atoms with E-state index in [0.29, 0.717) is 65.1 Å². The number of rotatable bonds is 18. The molecule has 0 bridgehead atoms. The third-order valence-corrected chi connectivity index (χ3v) is 5.63. The molecular formula is C28H48N2O6. The molecule has 0 aromatic carbocycles. The van der Waals surface area contributed by atoms with E-state index in [1.807, 2.05) is 47.6 Å². The molecule has 0 N–H and O–H groups in total. The maximum Gasteiger partial charge on any atom is 0.311 e. The molecule has 0 radical (unpaired) electrons. The van der Waals surface area contributed by atoms with Crippen molar-refractivity contribution in [1.82, 2.24) is 9.80 Å². The molecule has 0 saturated carbocycles. The van der Waals surface area contributed by atoms with Gasteiger partial charge in [0.15, 0.2) is 0 Å². The van der Waals surface area contributed by atoms with Crippen molar-refractivity contribution in [3.05, 3.63) is 24.8 Å². The van der Waals surface area contributed by atoms with Crippen LogP contribution in [0, 0.1) is 11.3 Å². The van der Waals surface area contributed by atoms with Crippen molar-refractivity contribution in [2.75, 3.05) is 39.4 Å². The monoisotopic (exact) mass is 508 g/mol. The van der Waals surface area contributed by atoms with Gasteiger partial charge in [0.2, 0.25) is 11.8 Å². The van der Waals surface area contributed by atoms with Crippen molar-refractivity contribution in [2.24, 2.45) is 11.3 Å². The highest BCUT2D eigenvalue weighted by Gasteiger charge is 2.22. The highest BCUT2D eigenvalue weighted by atomic mass is 16.5. The van der Waals surface area contributed by atoms with E-state index in [0.717, 1.165) is 12.8 Å². The number of ether oxygens (including phenoxy) is 2. The summed E-state index contributed by atoms with van der Waals surface area (Å²) in [6.45, 7) is 17.9. The average Bonchev–Trinajstić information content (AvgIpc) is 2.82. The Morgan fingerprint density at radius 1 is 0.861 bits per heavy atom. The van der Waals surface area contributed by atoms with E-state index < -0.39 is 5.41 Å². The normalized spacial score (nSPS) is 12.2. The standard InChI is InChI=1S/C28H48N2O6/c1-8-24(31)29(9-2)18-11-13-20-35-26(33)22-23(4)16-15-17-25(32)30(10-3)19-12-14-21-36-27(34)28(5,6)7/h8,15,17,23H,1,9-14,16,18-22H2,2-7H3/b17-15-/t23-/m1/s1. The van der Waals surface area contributed by atoms with Crippen LogP contribution in [0.15, 0.2) is 24.8 Å². The van der Waals surface area contributed by atoms with Gasteiger partial charge in [-0.3, -0.25) is 19.2 Å². The third kappa shape index (κ3) is 15.4. The fourth-order valence-corrected chi connectivity index (χ4v) is 3.29. The number of nitrogens with zero attached hydrogens (tertiary/aromatic N) is 2. The molecule has 8 nitrogen and oxygen atoms in total. The topological polar surface area (TPSA) is 93.2 Å². The molecule has 0 rings (SSSR count). The summed E-state index contributed by atoms with van der Waals surface area (Å²) in [5.41, 5.74) is -0.505. The Labute approximate surface area is 218 Å². The smallest absolute Gasteiger partial charge is 0.311 e. The Morgan fingerprint density at radius 2 is 1.39 bits per heavy atom. The number of allylic oxidation sites excluding steroid dienone is 1. The molecule has 0 aromatic rings. The van der Waals surface area contributed by atoms with E-state index in [9.17, 15) is 19.2 Å². The van der Waals surface area contributed by atoms with Crippen LogP contribution in [0.1, 0.15) is 80.1 Å². The van der Waals surface area contributed by atoms with Gasteiger partial charge in [0.25, 0.3) is 0 Å². The summed E-state index contributed by atoms with van der Waals surface area (Å²) in [7, 11) is 0. The summed E-state index contributed by atoms with van der Waals surface area (Å²) in [6.07, 6.45) is 8.50. The number of carbonyl (C=O) groups is 4. The lowest BCUT2D eigenvalue weighted by Crippen LogP contribution is -2.30. The number of carbonyl (C=O) groups excluding carboxylic acids is 4. The number of hydrogen-bond donors (Lipinski definition) is 0. The zero-order chi connectivity index (χ0) is 27.6. The quantitative estimate of drug-likeness (QED) is 0.153. The average molecular weight is 509 g/mol. The minimum Gasteiger partial charge on any atom is -0.466 e. The van der Waals surface area contributed by atoms with Gasteiger partial charge in [-0.1, -0.05) is 19.6 Å². The fraction of sp³-hybridized carbons (Fsp3) is 0.714. The zero-order valence-electron chi connectivity index (χ0n) is 23.3. The highest BCUT2D eigenvalue weighted by molar-refractivity contribution is 5.87. The van der Waals surface area contributed by atoms with Gasteiger partial charge < -0.3 is 19.3 Å². The van der Waals surface area contributed by atoms with E-state index in [-0.39, 0.29) is 29.7 Å². The number of esters is 2. The molecule has 0 spiro atoms. The van der Waals surface area contributed by atoms with Crippen LogP contribution in [-0.2, 0) is 28.7 Å². The van der Waals surface area contributed by atoms with Crippen LogP contribution in [0.3, 0.4) is 0 Å². The summed E-state index contributed by atoms with van der Waals surface area (Å²) in [5.74, 6) is -0.549. The molecule has 0 aliphatic carbocycles. The predicted molar refractivity (Wildman–Crippen MR) is 142 cm³/mol. The van der Waals surface area contributed by atoms with Crippen LogP contribution in [0.2, 0.25) is 0 Å². The summed E-state index contributed by atoms with van der Waals surface area (Å²) in [5, 5.41) is 0. The van der Waals surface area contributed by atoms with Crippen LogP contribution < -0.4 is 0 Å². The van der Waals surface area contributed by atoms with Crippen molar-refractivity contribution < 1.29 is 28.7 Å². The summed E-state index contributed by atoms with van der Waals surface area (Å²) in [6, 6.07) is 0. The molecule has 0 fully saturated rings. The molecule has 0 saturated heterocycles. The molecule has 0 unspecified atom stereocenters. The molecule has 0 heterocycles. The Balaban J connectivity index is 4.13. The van der Waals surface area contributed by atoms with Crippen LogP contribution in [0.25, 0.3) is 0 Å². The Hall–Kier alpha value is -2.64. The van der Waals surface area contributed by atoms with Crippen molar-refractivity contribution >= 4 is 23.8 Å². The van der Waals surface area contributed by atoms with Crippen LogP contribution in [-0.4, -0.2) is 72.9 Å². The summed E-state index contributed by atoms with van der Waals surface area (Å²) >= 11 is 0. The lowest BCUT2D eigenvalue weighted by molar-refractivity contribution is -0.153. The number of likely N-dealkylation sites (N-methyl/N-ethyl adjacent to an activating group) is 2. The molecule has 0 aliphatic rings. The van der Waals surface area contributed by atoms with Crippen molar-refractivity contribution in [3.63, 3.8) is 0 Å². The van der Waals surface area contributed by atoms with Gasteiger partial charge in [0, 0.05) is 32.6 Å². The molecule has 36 heavy (non-hydrogen) atoms.